The topological polar surface area (TPSA) is 42.3 Å². The number of benzene rings is 1. The molecule has 7 heteroatoms. The Morgan fingerprint density at radius 3 is 2.96 bits per heavy atom. The van der Waals surface area contributed by atoms with Gasteiger partial charge in [-0.05, 0) is 12.1 Å². The van der Waals surface area contributed by atoms with Gasteiger partial charge in [-0.1, -0.05) is 23.7 Å². The van der Waals surface area contributed by atoms with Crippen molar-refractivity contribution >= 4 is 24.0 Å². The van der Waals surface area contributed by atoms with Gasteiger partial charge in [-0.3, -0.25) is 4.90 Å². The van der Waals surface area contributed by atoms with E-state index < -0.39 is 0 Å². The van der Waals surface area contributed by atoms with E-state index in [0.29, 0.717) is 11.6 Å². The fourth-order valence-electron chi connectivity index (χ4n) is 2.80. The molecule has 1 aliphatic rings. The smallest absolute Gasteiger partial charge is 0.137 e. The zero-order chi connectivity index (χ0) is 15.4. The minimum absolute atomic E-state index is 0. The van der Waals surface area contributed by atoms with Crippen LogP contribution in [0, 0.1) is 0 Å². The van der Waals surface area contributed by atoms with Crippen molar-refractivity contribution < 1.29 is 4.74 Å². The molecule has 2 aromatic rings. The van der Waals surface area contributed by atoms with Gasteiger partial charge in [0.1, 0.15) is 18.2 Å². The van der Waals surface area contributed by atoms with Crippen molar-refractivity contribution in [2.45, 2.75) is 6.04 Å². The number of nitrogens with one attached hydrogen (secondary N) is 1. The van der Waals surface area contributed by atoms with E-state index in [1.807, 2.05) is 43.7 Å². The monoisotopic (exact) mass is 356 g/mol. The number of nitrogens with zero attached hydrogens (tertiary/aromatic N) is 3. The molecule has 2 heterocycles. The molecule has 3 rings (SSSR count). The molecule has 0 radical (unpaired) electrons. The summed E-state index contributed by atoms with van der Waals surface area (Å²) >= 11 is 6.11. The van der Waals surface area contributed by atoms with Crippen molar-refractivity contribution in [3.63, 3.8) is 0 Å². The molecule has 1 aliphatic heterocycles. The van der Waals surface area contributed by atoms with Crippen LogP contribution in [-0.2, 0) is 7.05 Å². The van der Waals surface area contributed by atoms with Crippen molar-refractivity contribution in [1.29, 1.82) is 0 Å². The van der Waals surface area contributed by atoms with Crippen LogP contribution in [0.15, 0.2) is 36.7 Å². The van der Waals surface area contributed by atoms with E-state index in [-0.39, 0.29) is 18.4 Å². The average Bonchev–Trinajstić information content (AvgIpc) is 2.96. The molecule has 126 valence electrons. The van der Waals surface area contributed by atoms with Gasteiger partial charge >= 0.3 is 0 Å². The molecule has 1 aromatic carbocycles. The average molecular weight is 357 g/mol. The van der Waals surface area contributed by atoms with Crippen molar-refractivity contribution in [3.05, 3.63) is 47.5 Å². The van der Waals surface area contributed by atoms with Crippen molar-refractivity contribution in [2.75, 3.05) is 32.8 Å². The Hall–Kier alpha value is -1.27. The Morgan fingerprint density at radius 1 is 1.39 bits per heavy atom. The van der Waals surface area contributed by atoms with Crippen LogP contribution in [0.5, 0.6) is 5.75 Å². The van der Waals surface area contributed by atoms with Gasteiger partial charge in [0, 0.05) is 45.6 Å². The maximum absolute atomic E-state index is 6.11. The summed E-state index contributed by atoms with van der Waals surface area (Å²) < 4.78 is 7.90. The number of rotatable bonds is 5. The maximum Gasteiger partial charge on any atom is 0.137 e. The van der Waals surface area contributed by atoms with Gasteiger partial charge in [0.05, 0.1) is 11.1 Å². The van der Waals surface area contributed by atoms with Crippen LogP contribution in [0.2, 0.25) is 5.02 Å². The zero-order valence-electron chi connectivity index (χ0n) is 13.1. The molecule has 0 bridgehead atoms. The summed E-state index contributed by atoms with van der Waals surface area (Å²) in [5.41, 5.74) is 0. The molecule has 0 spiro atoms. The molecule has 23 heavy (non-hydrogen) atoms. The molecule has 5 nitrogen and oxygen atoms in total. The molecule has 1 fully saturated rings. The fourth-order valence-corrected chi connectivity index (χ4v) is 2.99. The Bertz CT molecular complexity index is 620. The number of hydrogen-bond donors (Lipinski definition) is 1. The number of aryl methyl sites for hydroxylation is 1. The molecule has 0 saturated carbocycles. The normalized spacial score (nSPS) is 18.4. The SMILES string of the molecule is Cl.Cn1ccnc1C1CNCCN1CCOc1ccccc1Cl. The number of ether oxygens (including phenoxy) is 1. The zero-order valence-corrected chi connectivity index (χ0v) is 14.7. The van der Waals surface area contributed by atoms with Crippen LogP contribution >= 0.6 is 24.0 Å². The summed E-state index contributed by atoms with van der Waals surface area (Å²) in [5, 5.41) is 4.10. The van der Waals surface area contributed by atoms with Crippen LogP contribution in [0.3, 0.4) is 0 Å². The number of para-hydroxylation sites is 1. The highest BCUT2D eigenvalue weighted by Crippen LogP contribution is 2.24. The van der Waals surface area contributed by atoms with E-state index in [9.17, 15) is 0 Å². The van der Waals surface area contributed by atoms with Crippen molar-refractivity contribution in [3.8, 4) is 5.75 Å². The van der Waals surface area contributed by atoms with Crippen LogP contribution in [0.25, 0.3) is 0 Å². The van der Waals surface area contributed by atoms with E-state index in [1.165, 1.54) is 0 Å². The van der Waals surface area contributed by atoms with E-state index in [4.69, 9.17) is 16.3 Å². The highest BCUT2D eigenvalue weighted by Gasteiger charge is 2.26. The number of piperazine rings is 1. The number of halogens is 2. The lowest BCUT2D eigenvalue weighted by molar-refractivity contribution is 0.127. The molecule has 0 amide bonds. The van der Waals surface area contributed by atoms with Crippen LogP contribution in [0.4, 0.5) is 0 Å². The van der Waals surface area contributed by atoms with E-state index >= 15 is 0 Å². The highest BCUT2D eigenvalue weighted by molar-refractivity contribution is 6.32. The summed E-state index contributed by atoms with van der Waals surface area (Å²) in [5.74, 6) is 1.83. The van der Waals surface area contributed by atoms with E-state index in [1.54, 1.807) is 0 Å². The maximum atomic E-state index is 6.11. The Balaban J connectivity index is 0.00000192. The van der Waals surface area contributed by atoms with Gasteiger partial charge in [-0.2, -0.15) is 0 Å². The lowest BCUT2D eigenvalue weighted by atomic mass is 10.2. The molecule has 1 saturated heterocycles. The first kappa shape index (κ1) is 18.1. The highest BCUT2D eigenvalue weighted by atomic mass is 35.5. The number of aromatic nitrogens is 2. The van der Waals surface area contributed by atoms with E-state index in [2.05, 4.69) is 19.8 Å². The first-order valence-corrected chi connectivity index (χ1v) is 7.93. The molecule has 1 aromatic heterocycles. The minimum atomic E-state index is 0. The van der Waals surface area contributed by atoms with Gasteiger partial charge in [0.2, 0.25) is 0 Å². The van der Waals surface area contributed by atoms with Gasteiger partial charge < -0.3 is 14.6 Å². The lowest BCUT2D eigenvalue weighted by Crippen LogP contribution is -2.48. The van der Waals surface area contributed by atoms with Crippen LogP contribution < -0.4 is 10.1 Å². The summed E-state index contributed by atoms with van der Waals surface area (Å²) in [4.78, 5) is 6.90. The molecular weight excluding hydrogens is 335 g/mol. The second kappa shape index (κ2) is 8.55. The second-order valence-corrected chi connectivity index (χ2v) is 5.84. The third kappa shape index (κ3) is 4.38. The Kier molecular flexibility index (Phi) is 6.72. The Labute approximate surface area is 148 Å². The predicted octanol–water partition coefficient (Wildman–Crippen LogP) is 2.52. The van der Waals surface area contributed by atoms with E-state index in [0.717, 1.165) is 37.8 Å². The fraction of sp³-hybridized carbons (Fsp3) is 0.438. The molecule has 0 aliphatic carbocycles. The minimum Gasteiger partial charge on any atom is -0.491 e. The Morgan fingerprint density at radius 2 is 2.22 bits per heavy atom. The first-order chi connectivity index (χ1) is 10.8. The van der Waals surface area contributed by atoms with Gasteiger partial charge in [-0.25, -0.2) is 4.98 Å². The van der Waals surface area contributed by atoms with Crippen LogP contribution in [-0.4, -0.2) is 47.2 Å². The molecule has 1 unspecified atom stereocenters. The quantitative estimate of drug-likeness (QED) is 0.893. The van der Waals surface area contributed by atoms with Gasteiger partial charge in [0.25, 0.3) is 0 Å². The summed E-state index contributed by atoms with van der Waals surface area (Å²) in [6.45, 7) is 4.36. The second-order valence-electron chi connectivity index (χ2n) is 5.43. The molecule has 1 N–H and O–H groups in total. The summed E-state index contributed by atoms with van der Waals surface area (Å²) in [6, 6.07) is 7.86. The van der Waals surface area contributed by atoms with Gasteiger partial charge in [0.15, 0.2) is 0 Å². The lowest BCUT2D eigenvalue weighted by Gasteiger charge is -2.35. The number of hydrogen-bond acceptors (Lipinski definition) is 4. The largest absolute Gasteiger partial charge is 0.491 e. The standard InChI is InChI=1S/C16H21ClN4O.ClH/c1-20-8-7-19-16(20)14-12-18-6-9-21(14)10-11-22-15-5-3-2-4-13(15)17;/h2-5,7-8,14,18H,6,9-12H2,1H3;1H. The number of imidazole rings is 1. The van der Waals surface area contributed by atoms with Gasteiger partial charge in [-0.15, -0.1) is 12.4 Å². The molecular formula is C16H22Cl2N4O. The van der Waals surface area contributed by atoms with Crippen molar-refractivity contribution in [1.82, 2.24) is 19.8 Å². The predicted molar refractivity (Wildman–Crippen MR) is 94.6 cm³/mol. The third-order valence-electron chi connectivity index (χ3n) is 3.98. The summed E-state index contributed by atoms with van der Waals surface area (Å²) in [6.07, 6.45) is 3.84. The van der Waals surface area contributed by atoms with Crippen molar-refractivity contribution in [2.24, 2.45) is 7.05 Å². The molecule has 1 atom stereocenters. The summed E-state index contributed by atoms with van der Waals surface area (Å²) in [7, 11) is 2.04. The van der Waals surface area contributed by atoms with Crippen LogP contribution in [0.1, 0.15) is 11.9 Å². The third-order valence-corrected chi connectivity index (χ3v) is 4.30. The first-order valence-electron chi connectivity index (χ1n) is 7.55.